The maximum Gasteiger partial charge on any atom is 0.131 e. The number of hydrogen-bond donors (Lipinski definition) is 0. The van der Waals surface area contributed by atoms with Crippen LogP contribution in [0.1, 0.15) is 26.3 Å². The van der Waals surface area contributed by atoms with Gasteiger partial charge >= 0.3 is 0 Å². The summed E-state index contributed by atoms with van der Waals surface area (Å²) in [4.78, 5) is 0. The topological polar surface area (TPSA) is 17.8 Å². The van der Waals surface area contributed by atoms with Gasteiger partial charge in [0.25, 0.3) is 0 Å². The van der Waals surface area contributed by atoms with Gasteiger partial charge in [0.1, 0.15) is 5.82 Å². The van der Waals surface area contributed by atoms with E-state index in [1.807, 2.05) is 25.4 Å². The molecule has 2 rings (SSSR count). The highest BCUT2D eigenvalue weighted by Gasteiger charge is 2.16. The zero-order valence-corrected chi connectivity index (χ0v) is 10.7. The van der Waals surface area contributed by atoms with Crippen LogP contribution in [0.3, 0.4) is 0 Å². The number of benzene rings is 1. The minimum Gasteiger partial charge on any atom is -0.275 e. The molecule has 0 saturated heterocycles. The van der Waals surface area contributed by atoms with Crippen LogP contribution < -0.4 is 0 Å². The summed E-state index contributed by atoms with van der Waals surface area (Å²) in [6, 6.07) is 5.28. The molecule has 0 bridgehead atoms. The molecule has 0 N–H and O–H groups in total. The Morgan fingerprint density at radius 2 is 1.94 bits per heavy atom. The summed E-state index contributed by atoms with van der Waals surface area (Å²) >= 11 is 0. The molecule has 1 aromatic heterocycles. The fourth-order valence-corrected chi connectivity index (χ4v) is 1.77. The third-order valence-electron chi connectivity index (χ3n) is 2.85. The molecule has 0 fully saturated rings. The lowest BCUT2D eigenvalue weighted by Gasteiger charge is -2.19. The number of halogens is 1. The van der Waals surface area contributed by atoms with Crippen LogP contribution in [0.25, 0.3) is 11.1 Å². The van der Waals surface area contributed by atoms with E-state index >= 15 is 0 Å². The van der Waals surface area contributed by atoms with Gasteiger partial charge in [-0.3, -0.25) is 4.68 Å². The van der Waals surface area contributed by atoms with Gasteiger partial charge in [-0.25, -0.2) is 4.39 Å². The quantitative estimate of drug-likeness (QED) is 0.735. The number of nitrogens with zero attached hydrogens (tertiary/aromatic N) is 2. The lowest BCUT2D eigenvalue weighted by Crippen LogP contribution is -2.11. The van der Waals surface area contributed by atoms with Crippen LogP contribution in [0.15, 0.2) is 30.6 Å². The molecule has 2 nitrogen and oxygen atoms in total. The van der Waals surface area contributed by atoms with Gasteiger partial charge in [0.2, 0.25) is 0 Å². The van der Waals surface area contributed by atoms with E-state index < -0.39 is 0 Å². The van der Waals surface area contributed by atoms with Gasteiger partial charge in [0, 0.05) is 24.4 Å². The van der Waals surface area contributed by atoms with Crippen molar-refractivity contribution < 1.29 is 4.39 Å². The predicted molar refractivity (Wildman–Crippen MR) is 67.3 cm³/mol. The van der Waals surface area contributed by atoms with E-state index in [9.17, 15) is 4.39 Å². The largest absolute Gasteiger partial charge is 0.275 e. The first-order valence-corrected chi connectivity index (χ1v) is 5.67. The lowest BCUT2D eigenvalue weighted by atomic mass is 9.85. The van der Waals surface area contributed by atoms with Crippen LogP contribution in [-0.2, 0) is 12.5 Å². The van der Waals surface area contributed by atoms with E-state index in [1.54, 1.807) is 10.9 Å². The van der Waals surface area contributed by atoms with Crippen molar-refractivity contribution >= 4 is 0 Å². The maximum absolute atomic E-state index is 13.8. The number of rotatable bonds is 1. The van der Waals surface area contributed by atoms with Gasteiger partial charge in [0.05, 0.1) is 6.20 Å². The van der Waals surface area contributed by atoms with Crippen molar-refractivity contribution in [3.63, 3.8) is 0 Å². The highest BCUT2D eigenvalue weighted by molar-refractivity contribution is 5.63. The molecular weight excluding hydrogens is 215 g/mol. The van der Waals surface area contributed by atoms with Crippen LogP contribution in [0.2, 0.25) is 0 Å². The summed E-state index contributed by atoms with van der Waals surface area (Å²) in [7, 11) is 1.83. The predicted octanol–water partition coefficient (Wildman–Crippen LogP) is 3.52. The van der Waals surface area contributed by atoms with Crippen molar-refractivity contribution in [2.45, 2.75) is 26.2 Å². The Labute approximate surface area is 101 Å². The van der Waals surface area contributed by atoms with Gasteiger partial charge in [-0.05, 0) is 23.1 Å². The van der Waals surface area contributed by atoms with Gasteiger partial charge in [-0.15, -0.1) is 0 Å². The van der Waals surface area contributed by atoms with E-state index in [1.165, 1.54) is 6.07 Å². The molecule has 0 aliphatic rings. The first-order valence-electron chi connectivity index (χ1n) is 5.67. The fourth-order valence-electron chi connectivity index (χ4n) is 1.77. The summed E-state index contributed by atoms with van der Waals surface area (Å²) in [5.41, 5.74) is 2.57. The van der Waals surface area contributed by atoms with Crippen molar-refractivity contribution in [1.29, 1.82) is 0 Å². The van der Waals surface area contributed by atoms with Crippen LogP contribution in [0.5, 0.6) is 0 Å². The summed E-state index contributed by atoms with van der Waals surface area (Å²) in [5, 5.41) is 4.08. The van der Waals surface area contributed by atoms with Crippen LogP contribution in [0.4, 0.5) is 4.39 Å². The fraction of sp³-hybridized carbons (Fsp3) is 0.357. The molecule has 2 aromatic rings. The van der Waals surface area contributed by atoms with Crippen molar-refractivity contribution in [3.8, 4) is 11.1 Å². The highest BCUT2D eigenvalue weighted by Crippen LogP contribution is 2.29. The Balaban J connectivity index is 2.54. The third kappa shape index (κ3) is 2.38. The van der Waals surface area contributed by atoms with Crippen LogP contribution in [0, 0.1) is 5.82 Å². The number of hydrogen-bond acceptors (Lipinski definition) is 1. The monoisotopic (exact) mass is 232 g/mol. The zero-order valence-electron chi connectivity index (χ0n) is 10.7. The second-order valence-electron chi connectivity index (χ2n) is 5.35. The number of aromatic nitrogens is 2. The molecule has 0 unspecified atom stereocenters. The molecular formula is C14H17FN2. The Morgan fingerprint density at radius 3 is 2.47 bits per heavy atom. The molecule has 0 saturated carbocycles. The summed E-state index contributed by atoms with van der Waals surface area (Å²) in [6.45, 7) is 6.35. The Morgan fingerprint density at radius 1 is 1.24 bits per heavy atom. The van der Waals surface area contributed by atoms with Gasteiger partial charge < -0.3 is 0 Å². The molecule has 1 heterocycles. The molecule has 1 aromatic carbocycles. The minimum atomic E-state index is -0.203. The van der Waals surface area contributed by atoms with Crippen molar-refractivity contribution in [1.82, 2.24) is 9.78 Å². The van der Waals surface area contributed by atoms with Crippen molar-refractivity contribution in [2.24, 2.45) is 7.05 Å². The van der Waals surface area contributed by atoms with Gasteiger partial charge in [-0.1, -0.05) is 26.8 Å². The first-order chi connectivity index (χ1) is 7.88. The second-order valence-corrected chi connectivity index (χ2v) is 5.35. The SMILES string of the molecule is Cn1cc(-c2cc(C(C)(C)C)ccc2F)cn1. The lowest BCUT2D eigenvalue weighted by molar-refractivity contribution is 0.584. The molecule has 0 aliphatic carbocycles. The molecule has 0 spiro atoms. The number of aryl methyl sites for hydroxylation is 1. The highest BCUT2D eigenvalue weighted by atomic mass is 19.1. The standard InChI is InChI=1S/C14H17FN2/c1-14(2,3)11-5-6-13(15)12(7-11)10-8-16-17(4)9-10/h5-9H,1-4H3. The molecule has 90 valence electrons. The molecule has 0 radical (unpaired) electrons. The van der Waals surface area contributed by atoms with E-state index in [0.717, 1.165) is 11.1 Å². The average Bonchev–Trinajstić information content (AvgIpc) is 2.63. The molecule has 0 aliphatic heterocycles. The molecule has 0 atom stereocenters. The molecule has 17 heavy (non-hydrogen) atoms. The van der Waals surface area contributed by atoms with E-state index in [-0.39, 0.29) is 11.2 Å². The zero-order chi connectivity index (χ0) is 12.6. The maximum atomic E-state index is 13.8. The summed E-state index contributed by atoms with van der Waals surface area (Å²) in [6.07, 6.45) is 3.51. The smallest absolute Gasteiger partial charge is 0.131 e. The Bertz CT molecular complexity index is 535. The molecule has 3 heteroatoms. The normalized spacial score (nSPS) is 11.8. The minimum absolute atomic E-state index is 0.0185. The first kappa shape index (κ1) is 11.8. The van der Waals surface area contributed by atoms with Gasteiger partial charge in [-0.2, -0.15) is 5.10 Å². The van der Waals surface area contributed by atoms with Crippen molar-refractivity contribution in [3.05, 3.63) is 42.0 Å². The van der Waals surface area contributed by atoms with Crippen molar-refractivity contribution in [2.75, 3.05) is 0 Å². The molecule has 0 amide bonds. The average molecular weight is 232 g/mol. The Hall–Kier alpha value is -1.64. The van der Waals surface area contributed by atoms with Gasteiger partial charge in [0.15, 0.2) is 0 Å². The third-order valence-corrected chi connectivity index (χ3v) is 2.85. The summed E-state index contributed by atoms with van der Waals surface area (Å²) < 4.78 is 15.5. The van der Waals surface area contributed by atoms with E-state index in [2.05, 4.69) is 25.9 Å². The van der Waals surface area contributed by atoms with E-state index in [0.29, 0.717) is 5.56 Å². The summed E-state index contributed by atoms with van der Waals surface area (Å²) in [5.74, 6) is -0.203. The van der Waals surface area contributed by atoms with Crippen LogP contribution in [-0.4, -0.2) is 9.78 Å². The van der Waals surface area contributed by atoms with Crippen LogP contribution >= 0.6 is 0 Å². The second kappa shape index (κ2) is 3.99. The Kier molecular flexibility index (Phi) is 2.77. The van der Waals surface area contributed by atoms with E-state index in [4.69, 9.17) is 0 Å².